The SMILES string of the molecule is CCCS(=O)(=O)NCC1CC(=O)N(c2ccc(C)cc2)C1. The Kier molecular flexibility index (Phi) is 5.00. The minimum atomic E-state index is -3.20. The maximum Gasteiger partial charge on any atom is 0.227 e. The lowest BCUT2D eigenvalue weighted by molar-refractivity contribution is -0.117. The van der Waals surface area contributed by atoms with E-state index in [1.165, 1.54) is 0 Å². The summed E-state index contributed by atoms with van der Waals surface area (Å²) in [4.78, 5) is 13.8. The highest BCUT2D eigenvalue weighted by molar-refractivity contribution is 7.89. The Labute approximate surface area is 126 Å². The first kappa shape index (κ1) is 16.0. The molecule has 0 aromatic heterocycles. The Morgan fingerprint density at radius 3 is 2.57 bits per heavy atom. The van der Waals surface area contributed by atoms with Gasteiger partial charge in [-0.15, -0.1) is 0 Å². The molecule has 1 N–H and O–H groups in total. The summed E-state index contributed by atoms with van der Waals surface area (Å²) in [7, 11) is -3.20. The van der Waals surface area contributed by atoms with Gasteiger partial charge in [-0.25, -0.2) is 13.1 Å². The first-order valence-corrected chi connectivity index (χ1v) is 8.91. The molecule has 1 fully saturated rings. The van der Waals surface area contributed by atoms with Crippen LogP contribution < -0.4 is 9.62 Å². The van der Waals surface area contributed by atoms with Crippen LogP contribution in [0.5, 0.6) is 0 Å². The van der Waals surface area contributed by atoms with E-state index in [0.29, 0.717) is 25.9 Å². The van der Waals surface area contributed by atoms with Gasteiger partial charge in [-0.2, -0.15) is 0 Å². The van der Waals surface area contributed by atoms with Gasteiger partial charge in [-0.05, 0) is 31.4 Å². The molecule has 1 amide bonds. The van der Waals surface area contributed by atoms with Crippen molar-refractivity contribution >= 4 is 21.6 Å². The number of rotatable bonds is 6. The Hall–Kier alpha value is -1.40. The molecule has 1 unspecified atom stereocenters. The predicted molar refractivity (Wildman–Crippen MR) is 83.7 cm³/mol. The van der Waals surface area contributed by atoms with Crippen LogP contribution in [0.4, 0.5) is 5.69 Å². The van der Waals surface area contributed by atoms with Gasteiger partial charge >= 0.3 is 0 Å². The second-order valence-corrected chi connectivity index (χ2v) is 7.50. The zero-order valence-corrected chi connectivity index (χ0v) is 13.3. The van der Waals surface area contributed by atoms with E-state index in [-0.39, 0.29) is 17.6 Å². The van der Waals surface area contributed by atoms with E-state index in [4.69, 9.17) is 0 Å². The number of nitrogens with zero attached hydrogens (tertiary/aromatic N) is 1. The van der Waals surface area contributed by atoms with Gasteiger partial charge in [0.15, 0.2) is 0 Å². The maximum atomic E-state index is 12.1. The number of carbonyl (C=O) groups is 1. The largest absolute Gasteiger partial charge is 0.312 e. The van der Waals surface area contributed by atoms with E-state index in [1.807, 2.05) is 38.1 Å². The molecule has 0 bridgehead atoms. The molecule has 6 heteroatoms. The summed E-state index contributed by atoms with van der Waals surface area (Å²) in [6, 6.07) is 7.80. The minimum absolute atomic E-state index is 0.0328. The fourth-order valence-corrected chi connectivity index (χ4v) is 3.65. The molecule has 116 valence electrons. The average Bonchev–Trinajstić information content (AvgIpc) is 2.79. The summed E-state index contributed by atoms with van der Waals surface area (Å²) in [5.74, 6) is 0.221. The van der Waals surface area contributed by atoms with Crippen LogP contribution in [0, 0.1) is 12.8 Å². The lowest BCUT2D eigenvalue weighted by Crippen LogP contribution is -2.32. The molecule has 0 saturated carbocycles. The van der Waals surface area contributed by atoms with Crippen molar-refractivity contribution in [1.29, 1.82) is 0 Å². The minimum Gasteiger partial charge on any atom is -0.312 e. The van der Waals surface area contributed by atoms with Crippen LogP contribution in [-0.4, -0.2) is 33.2 Å². The molecular formula is C15H22N2O3S. The lowest BCUT2D eigenvalue weighted by Gasteiger charge is -2.17. The Morgan fingerprint density at radius 2 is 1.95 bits per heavy atom. The van der Waals surface area contributed by atoms with Crippen molar-refractivity contribution in [2.45, 2.75) is 26.7 Å². The van der Waals surface area contributed by atoms with Gasteiger partial charge in [0.25, 0.3) is 0 Å². The van der Waals surface area contributed by atoms with Crippen LogP contribution in [0.25, 0.3) is 0 Å². The second kappa shape index (κ2) is 6.58. The number of amides is 1. The number of benzene rings is 1. The van der Waals surface area contributed by atoms with Crippen molar-refractivity contribution in [2.24, 2.45) is 5.92 Å². The third-order valence-electron chi connectivity index (χ3n) is 3.62. The first-order valence-electron chi connectivity index (χ1n) is 7.25. The van der Waals surface area contributed by atoms with Crippen molar-refractivity contribution < 1.29 is 13.2 Å². The normalized spacial score (nSPS) is 19.2. The van der Waals surface area contributed by atoms with Crippen molar-refractivity contribution in [3.05, 3.63) is 29.8 Å². The van der Waals surface area contributed by atoms with Gasteiger partial charge < -0.3 is 4.90 Å². The van der Waals surface area contributed by atoms with Gasteiger partial charge in [-0.3, -0.25) is 4.79 Å². The molecule has 1 aliphatic heterocycles. The van der Waals surface area contributed by atoms with E-state index >= 15 is 0 Å². The monoisotopic (exact) mass is 310 g/mol. The van der Waals surface area contributed by atoms with E-state index in [2.05, 4.69) is 4.72 Å². The number of anilines is 1. The van der Waals surface area contributed by atoms with Crippen LogP contribution >= 0.6 is 0 Å². The zero-order chi connectivity index (χ0) is 15.5. The second-order valence-electron chi connectivity index (χ2n) is 5.58. The van der Waals surface area contributed by atoms with Crippen LogP contribution in [0.1, 0.15) is 25.3 Å². The number of nitrogens with one attached hydrogen (secondary N) is 1. The first-order chi connectivity index (χ1) is 9.91. The summed E-state index contributed by atoms with van der Waals surface area (Å²) in [6.45, 7) is 4.73. The van der Waals surface area contributed by atoms with Crippen molar-refractivity contribution in [3.8, 4) is 0 Å². The molecular weight excluding hydrogens is 288 g/mol. The summed E-state index contributed by atoms with van der Waals surface area (Å²) in [5, 5.41) is 0. The quantitative estimate of drug-likeness (QED) is 0.869. The van der Waals surface area contributed by atoms with Crippen LogP contribution in [0.15, 0.2) is 24.3 Å². The average molecular weight is 310 g/mol. The number of aryl methyl sites for hydroxylation is 1. The van der Waals surface area contributed by atoms with Gasteiger partial charge in [-0.1, -0.05) is 24.6 Å². The summed E-state index contributed by atoms with van der Waals surface area (Å²) >= 11 is 0. The zero-order valence-electron chi connectivity index (χ0n) is 12.5. The Morgan fingerprint density at radius 1 is 1.29 bits per heavy atom. The molecule has 1 saturated heterocycles. The van der Waals surface area contributed by atoms with E-state index in [0.717, 1.165) is 11.3 Å². The highest BCUT2D eigenvalue weighted by atomic mass is 32.2. The molecule has 5 nitrogen and oxygen atoms in total. The smallest absolute Gasteiger partial charge is 0.227 e. The molecule has 1 aliphatic rings. The number of carbonyl (C=O) groups excluding carboxylic acids is 1. The topological polar surface area (TPSA) is 66.5 Å². The number of hydrogen-bond acceptors (Lipinski definition) is 3. The molecule has 0 radical (unpaired) electrons. The van der Waals surface area contributed by atoms with E-state index in [9.17, 15) is 13.2 Å². The molecule has 1 aromatic carbocycles. The lowest BCUT2D eigenvalue weighted by atomic mass is 10.1. The Balaban J connectivity index is 1.95. The van der Waals surface area contributed by atoms with Crippen LogP contribution in [0.3, 0.4) is 0 Å². The van der Waals surface area contributed by atoms with Crippen molar-refractivity contribution in [2.75, 3.05) is 23.7 Å². The molecule has 1 atom stereocenters. The molecule has 0 spiro atoms. The predicted octanol–water partition coefficient (Wildman–Crippen LogP) is 1.68. The fraction of sp³-hybridized carbons (Fsp3) is 0.533. The Bertz CT molecular complexity index is 596. The molecule has 1 aromatic rings. The number of hydrogen-bond donors (Lipinski definition) is 1. The third-order valence-corrected chi connectivity index (χ3v) is 5.17. The molecule has 1 heterocycles. The van der Waals surface area contributed by atoms with E-state index < -0.39 is 10.0 Å². The van der Waals surface area contributed by atoms with Gasteiger partial charge in [0.05, 0.1) is 5.75 Å². The van der Waals surface area contributed by atoms with E-state index in [1.54, 1.807) is 4.90 Å². The van der Waals surface area contributed by atoms with Crippen molar-refractivity contribution in [3.63, 3.8) is 0 Å². The summed E-state index contributed by atoms with van der Waals surface area (Å²) < 4.78 is 25.9. The van der Waals surface area contributed by atoms with Crippen LogP contribution in [-0.2, 0) is 14.8 Å². The van der Waals surface area contributed by atoms with Gasteiger partial charge in [0, 0.05) is 25.2 Å². The van der Waals surface area contributed by atoms with Crippen molar-refractivity contribution in [1.82, 2.24) is 4.72 Å². The number of sulfonamides is 1. The van der Waals surface area contributed by atoms with Gasteiger partial charge in [0.1, 0.15) is 0 Å². The highest BCUT2D eigenvalue weighted by Gasteiger charge is 2.31. The molecule has 21 heavy (non-hydrogen) atoms. The highest BCUT2D eigenvalue weighted by Crippen LogP contribution is 2.25. The third kappa shape index (κ3) is 4.28. The fourth-order valence-electron chi connectivity index (χ4n) is 2.48. The maximum absolute atomic E-state index is 12.1. The van der Waals surface area contributed by atoms with Gasteiger partial charge in [0.2, 0.25) is 15.9 Å². The summed E-state index contributed by atoms with van der Waals surface area (Å²) in [5.41, 5.74) is 2.03. The summed E-state index contributed by atoms with van der Waals surface area (Å²) in [6.07, 6.45) is 0.983. The van der Waals surface area contributed by atoms with Crippen LogP contribution in [0.2, 0.25) is 0 Å². The standard InChI is InChI=1S/C15H22N2O3S/c1-3-8-21(19,20)16-10-13-9-15(18)17(11-13)14-6-4-12(2)5-7-14/h4-7,13,16H,3,8-11H2,1-2H3. The molecule has 0 aliphatic carbocycles. The molecule has 2 rings (SSSR count).